The molecule has 0 bridgehead atoms. The molecule has 0 amide bonds. The summed E-state index contributed by atoms with van der Waals surface area (Å²) in [6.45, 7) is 0. The van der Waals surface area contributed by atoms with Crippen LogP contribution in [0.4, 0.5) is 0 Å². The summed E-state index contributed by atoms with van der Waals surface area (Å²) in [7, 11) is 0. The Labute approximate surface area is 206 Å². The van der Waals surface area contributed by atoms with Gasteiger partial charge in [0.2, 0.25) is 0 Å². The Balaban J connectivity index is 1.93. The van der Waals surface area contributed by atoms with Gasteiger partial charge in [-0.25, -0.2) is 9.59 Å². The van der Waals surface area contributed by atoms with Gasteiger partial charge in [-0.1, -0.05) is 72.1 Å². The van der Waals surface area contributed by atoms with E-state index < -0.39 is 11.9 Å². The second-order valence-electron chi connectivity index (χ2n) is 7.18. The van der Waals surface area contributed by atoms with Crippen molar-refractivity contribution in [2.75, 3.05) is 0 Å². The van der Waals surface area contributed by atoms with Crippen molar-refractivity contribution in [3.05, 3.63) is 117 Å². The molecule has 0 aliphatic heterocycles. The van der Waals surface area contributed by atoms with Crippen molar-refractivity contribution in [1.29, 1.82) is 0 Å². The first-order valence-electron chi connectivity index (χ1n) is 10.3. The van der Waals surface area contributed by atoms with Crippen LogP contribution in [0.1, 0.15) is 31.8 Å². The second kappa shape index (κ2) is 12.0. The molecule has 3 rings (SSSR count). The number of nitrogens with two attached hydrogens (primary N) is 2. The summed E-state index contributed by atoms with van der Waals surface area (Å²) in [6.07, 6.45) is 3.76. The number of carbonyl (C=O) groups is 2. The first kappa shape index (κ1) is 25.0. The van der Waals surface area contributed by atoms with Crippen molar-refractivity contribution in [3.63, 3.8) is 0 Å². The van der Waals surface area contributed by atoms with Gasteiger partial charge in [-0.3, -0.25) is 0 Å². The zero-order chi connectivity index (χ0) is 24.5. The van der Waals surface area contributed by atoms with Gasteiger partial charge in [-0.05, 0) is 60.4 Å². The second-order valence-corrected chi connectivity index (χ2v) is 9.47. The highest BCUT2D eigenvalue weighted by atomic mass is 32.2. The Morgan fingerprint density at radius 2 is 1.00 bits per heavy atom. The third-order valence-corrected chi connectivity index (χ3v) is 6.69. The van der Waals surface area contributed by atoms with Gasteiger partial charge in [0.25, 0.3) is 0 Å². The zero-order valence-electron chi connectivity index (χ0n) is 18.2. The van der Waals surface area contributed by atoms with E-state index in [9.17, 15) is 19.8 Å². The van der Waals surface area contributed by atoms with E-state index in [1.165, 1.54) is 35.7 Å². The van der Waals surface area contributed by atoms with E-state index in [-0.39, 0.29) is 24.0 Å². The van der Waals surface area contributed by atoms with Crippen LogP contribution in [-0.4, -0.2) is 22.2 Å². The van der Waals surface area contributed by atoms with Crippen molar-refractivity contribution in [1.82, 2.24) is 0 Å². The number of rotatable bonds is 10. The fourth-order valence-corrected chi connectivity index (χ4v) is 4.76. The standard InChI is InChI=1S/C26H24N2O4S2/c27-23(33-17-7-3-1-4-8-17)15-13-19-20(22(26(31)32)12-11-21(19)25(29)30)14-16-24(28)34-18-9-5-2-6-10-18/h1-12,15-16H,13-14,27-28H2,(H,29,30)(H,31,32). The van der Waals surface area contributed by atoms with Crippen molar-refractivity contribution in [2.24, 2.45) is 11.5 Å². The Hall–Kier alpha value is -3.62. The Kier molecular flexibility index (Phi) is 8.84. The number of hydrogen-bond donors (Lipinski definition) is 4. The lowest BCUT2D eigenvalue weighted by molar-refractivity contribution is 0.0679. The van der Waals surface area contributed by atoms with Gasteiger partial charge in [-0.2, -0.15) is 0 Å². The lowest BCUT2D eigenvalue weighted by Crippen LogP contribution is -2.12. The van der Waals surface area contributed by atoms with Crippen LogP contribution in [0.2, 0.25) is 0 Å². The molecule has 0 heterocycles. The Morgan fingerprint density at radius 3 is 1.32 bits per heavy atom. The van der Waals surface area contributed by atoms with Crippen LogP contribution in [0.25, 0.3) is 0 Å². The maximum atomic E-state index is 11.9. The molecule has 0 spiro atoms. The number of carboxylic acids is 2. The van der Waals surface area contributed by atoms with Crippen LogP contribution in [0, 0.1) is 0 Å². The number of allylic oxidation sites excluding steroid dienone is 2. The van der Waals surface area contributed by atoms with Gasteiger partial charge in [0.15, 0.2) is 0 Å². The van der Waals surface area contributed by atoms with E-state index >= 15 is 0 Å². The van der Waals surface area contributed by atoms with Crippen LogP contribution in [0.15, 0.2) is 105 Å². The zero-order valence-corrected chi connectivity index (χ0v) is 19.8. The molecule has 0 saturated heterocycles. The van der Waals surface area contributed by atoms with E-state index in [1.807, 2.05) is 60.7 Å². The van der Waals surface area contributed by atoms with Crippen LogP contribution < -0.4 is 11.5 Å². The SMILES string of the molecule is NC(=CCc1c(C(=O)O)ccc(C(=O)O)c1CC=C(N)Sc1ccccc1)Sc1ccccc1. The predicted molar refractivity (Wildman–Crippen MR) is 137 cm³/mol. The molecule has 6 N–H and O–H groups in total. The van der Waals surface area contributed by atoms with E-state index in [1.54, 1.807) is 12.2 Å². The highest BCUT2D eigenvalue weighted by Gasteiger charge is 2.20. The van der Waals surface area contributed by atoms with Crippen molar-refractivity contribution in [3.8, 4) is 0 Å². The number of carboxylic acid groups (broad SMARTS) is 2. The van der Waals surface area contributed by atoms with Crippen LogP contribution in [-0.2, 0) is 12.8 Å². The van der Waals surface area contributed by atoms with Gasteiger partial charge >= 0.3 is 11.9 Å². The molecule has 0 unspecified atom stereocenters. The molecular formula is C26H24N2O4S2. The summed E-state index contributed by atoms with van der Waals surface area (Å²) in [6, 6.07) is 21.7. The fraction of sp³-hybridized carbons (Fsp3) is 0.0769. The van der Waals surface area contributed by atoms with E-state index in [2.05, 4.69) is 0 Å². The summed E-state index contributed by atoms with van der Waals surface area (Å²) in [5.41, 5.74) is 13.2. The molecule has 8 heteroatoms. The highest BCUT2D eigenvalue weighted by molar-refractivity contribution is 8.03. The maximum absolute atomic E-state index is 11.9. The molecule has 3 aromatic carbocycles. The quantitative estimate of drug-likeness (QED) is 0.279. The summed E-state index contributed by atoms with van der Waals surface area (Å²) in [5, 5.41) is 20.5. The van der Waals surface area contributed by atoms with Crippen LogP contribution in [0.5, 0.6) is 0 Å². The molecule has 34 heavy (non-hydrogen) atoms. The molecule has 0 atom stereocenters. The monoisotopic (exact) mass is 492 g/mol. The molecule has 0 radical (unpaired) electrons. The fourth-order valence-electron chi connectivity index (χ4n) is 3.30. The van der Waals surface area contributed by atoms with E-state index in [0.717, 1.165) is 9.79 Å². The summed E-state index contributed by atoms with van der Waals surface area (Å²) >= 11 is 2.71. The van der Waals surface area contributed by atoms with E-state index in [4.69, 9.17) is 11.5 Å². The van der Waals surface area contributed by atoms with Gasteiger partial charge in [0.1, 0.15) is 0 Å². The van der Waals surface area contributed by atoms with E-state index in [0.29, 0.717) is 21.2 Å². The molecular weight excluding hydrogens is 468 g/mol. The molecule has 0 fully saturated rings. The average Bonchev–Trinajstić information content (AvgIpc) is 2.82. The number of hydrogen-bond acceptors (Lipinski definition) is 6. The topological polar surface area (TPSA) is 127 Å². The van der Waals surface area contributed by atoms with Gasteiger partial charge in [0, 0.05) is 9.79 Å². The Morgan fingerprint density at radius 1 is 0.647 bits per heavy atom. The summed E-state index contributed by atoms with van der Waals surface area (Å²) in [4.78, 5) is 25.7. The van der Waals surface area contributed by atoms with Crippen molar-refractivity contribution < 1.29 is 19.8 Å². The molecule has 6 nitrogen and oxygen atoms in total. The van der Waals surface area contributed by atoms with Gasteiger partial charge < -0.3 is 21.7 Å². The first-order valence-corrected chi connectivity index (χ1v) is 12.0. The summed E-state index contributed by atoms with van der Waals surface area (Å²) < 4.78 is 0. The molecule has 0 aliphatic carbocycles. The van der Waals surface area contributed by atoms with Crippen molar-refractivity contribution in [2.45, 2.75) is 22.6 Å². The number of aromatic carboxylic acids is 2. The minimum Gasteiger partial charge on any atom is -0.478 e. The lowest BCUT2D eigenvalue weighted by atomic mass is 9.91. The minimum atomic E-state index is -1.13. The van der Waals surface area contributed by atoms with Gasteiger partial charge in [0.05, 0.1) is 21.2 Å². The van der Waals surface area contributed by atoms with Gasteiger partial charge in [-0.15, -0.1) is 0 Å². The third kappa shape index (κ3) is 6.94. The lowest BCUT2D eigenvalue weighted by Gasteiger charge is -2.14. The van der Waals surface area contributed by atoms with Crippen LogP contribution >= 0.6 is 23.5 Å². The largest absolute Gasteiger partial charge is 0.478 e. The van der Waals surface area contributed by atoms with Crippen molar-refractivity contribution >= 4 is 35.5 Å². The average molecular weight is 493 g/mol. The smallest absolute Gasteiger partial charge is 0.335 e. The Bertz CT molecular complexity index is 1130. The number of thioether (sulfide) groups is 2. The number of benzene rings is 3. The molecule has 3 aromatic rings. The molecule has 0 aliphatic rings. The summed E-state index contributed by atoms with van der Waals surface area (Å²) in [5.74, 6) is -2.27. The predicted octanol–water partition coefficient (Wildman–Crippen LogP) is 5.35. The first-order chi connectivity index (χ1) is 16.3. The molecule has 0 aromatic heterocycles. The normalized spacial score (nSPS) is 11.9. The van der Waals surface area contributed by atoms with Crippen LogP contribution in [0.3, 0.4) is 0 Å². The molecule has 174 valence electrons. The maximum Gasteiger partial charge on any atom is 0.335 e. The molecule has 0 saturated carbocycles. The minimum absolute atomic E-state index is 0.0384. The highest BCUT2D eigenvalue weighted by Crippen LogP contribution is 2.28. The third-order valence-electron chi connectivity index (χ3n) is 4.86.